The standard InChI is InChI=1S/C18H20N2O3S/c1-11-2-4-12(5-3-11)17-20-15(10-24-17)9-16(21)19-14-7-6-13(8-14)18(22)23/h2-5,10,13-14H,6-9H2,1H3,(H,19,21)(H,22,23)/t13-,14+/m1/s1. The molecule has 2 N–H and O–H groups in total. The lowest BCUT2D eigenvalue weighted by molar-refractivity contribution is -0.141. The number of hydrogen-bond donors (Lipinski definition) is 2. The van der Waals surface area contributed by atoms with Gasteiger partial charge in [0, 0.05) is 17.0 Å². The molecule has 0 spiro atoms. The maximum atomic E-state index is 12.1. The number of rotatable bonds is 5. The quantitative estimate of drug-likeness (QED) is 0.874. The van der Waals surface area contributed by atoms with Crippen molar-refractivity contribution in [1.29, 1.82) is 0 Å². The second kappa shape index (κ2) is 7.13. The van der Waals surface area contributed by atoms with Crippen LogP contribution in [0, 0.1) is 12.8 Å². The molecule has 1 saturated carbocycles. The number of nitrogens with one attached hydrogen (secondary N) is 1. The van der Waals surface area contributed by atoms with Crippen LogP contribution in [0.2, 0.25) is 0 Å². The number of aliphatic carboxylic acids is 1. The van der Waals surface area contributed by atoms with E-state index in [1.165, 1.54) is 16.9 Å². The minimum Gasteiger partial charge on any atom is -0.481 e. The minimum atomic E-state index is -0.769. The highest BCUT2D eigenvalue weighted by Gasteiger charge is 2.30. The first-order valence-corrected chi connectivity index (χ1v) is 8.93. The second-order valence-electron chi connectivity index (χ2n) is 6.30. The average molecular weight is 344 g/mol. The van der Waals surface area contributed by atoms with Gasteiger partial charge >= 0.3 is 5.97 Å². The summed E-state index contributed by atoms with van der Waals surface area (Å²) in [7, 11) is 0. The molecule has 24 heavy (non-hydrogen) atoms. The number of carboxylic acids is 1. The molecule has 1 amide bonds. The van der Waals surface area contributed by atoms with E-state index >= 15 is 0 Å². The normalized spacial score (nSPS) is 20.0. The topological polar surface area (TPSA) is 79.3 Å². The first kappa shape index (κ1) is 16.6. The molecule has 3 rings (SSSR count). The molecule has 1 aliphatic carbocycles. The van der Waals surface area contributed by atoms with Crippen LogP contribution < -0.4 is 5.32 Å². The molecule has 126 valence electrons. The lowest BCUT2D eigenvalue weighted by Crippen LogP contribution is -2.34. The third-order valence-corrected chi connectivity index (χ3v) is 5.28. The number of aromatic nitrogens is 1. The number of carbonyl (C=O) groups excluding carboxylic acids is 1. The largest absolute Gasteiger partial charge is 0.481 e. The van der Waals surface area contributed by atoms with Gasteiger partial charge in [-0.2, -0.15) is 0 Å². The smallest absolute Gasteiger partial charge is 0.306 e. The van der Waals surface area contributed by atoms with Crippen LogP contribution in [0.3, 0.4) is 0 Å². The molecule has 2 aromatic rings. The van der Waals surface area contributed by atoms with Gasteiger partial charge in [0.05, 0.1) is 18.0 Å². The maximum Gasteiger partial charge on any atom is 0.306 e. The van der Waals surface area contributed by atoms with E-state index in [1.807, 2.05) is 36.6 Å². The van der Waals surface area contributed by atoms with Gasteiger partial charge in [0.2, 0.25) is 5.91 Å². The van der Waals surface area contributed by atoms with Crippen molar-refractivity contribution in [3.05, 3.63) is 40.9 Å². The lowest BCUT2D eigenvalue weighted by atomic mass is 10.1. The Morgan fingerprint density at radius 2 is 2.04 bits per heavy atom. The van der Waals surface area contributed by atoms with Crippen LogP contribution in [-0.2, 0) is 16.0 Å². The fourth-order valence-corrected chi connectivity index (χ4v) is 3.82. The molecule has 1 aliphatic rings. The molecule has 2 atom stereocenters. The first-order chi connectivity index (χ1) is 11.5. The summed E-state index contributed by atoms with van der Waals surface area (Å²) in [6, 6.07) is 8.11. The molecule has 0 aliphatic heterocycles. The third kappa shape index (κ3) is 4.00. The fraction of sp³-hybridized carbons (Fsp3) is 0.389. The lowest BCUT2D eigenvalue weighted by Gasteiger charge is -2.11. The van der Waals surface area contributed by atoms with Crippen molar-refractivity contribution < 1.29 is 14.7 Å². The summed E-state index contributed by atoms with van der Waals surface area (Å²) in [6.07, 6.45) is 2.12. The van der Waals surface area contributed by atoms with E-state index in [0.717, 1.165) is 22.7 Å². The summed E-state index contributed by atoms with van der Waals surface area (Å²) < 4.78 is 0. The molecular weight excluding hydrogens is 324 g/mol. The van der Waals surface area contributed by atoms with Crippen LogP contribution in [0.25, 0.3) is 10.6 Å². The number of nitrogens with zero attached hydrogens (tertiary/aromatic N) is 1. The first-order valence-electron chi connectivity index (χ1n) is 8.05. The van der Waals surface area contributed by atoms with Crippen molar-refractivity contribution in [3.8, 4) is 10.6 Å². The SMILES string of the molecule is Cc1ccc(-c2nc(CC(=O)N[C@H]3CC[C@@H](C(=O)O)C3)cs2)cc1. The molecule has 1 aromatic heterocycles. The summed E-state index contributed by atoms with van der Waals surface area (Å²) in [5, 5.41) is 14.8. The van der Waals surface area contributed by atoms with Crippen molar-refractivity contribution in [1.82, 2.24) is 10.3 Å². The van der Waals surface area contributed by atoms with Crippen LogP contribution in [0.15, 0.2) is 29.6 Å². The number of benzene rings is 1. The summed E-state index contributed by atoms with van der Waals surface area (Å²) in [5.41, 5.74) is 3.00. The molecule has 1 heterocycles. The van der Waals surface area contributed by atoms with Crippen molar-refractivity contribution in [2.45, 2.75) is 38.6 Å². The van der Waals surface area contributed by atoms with Gasteiger partial charge in [-0.05, 0) is 26.2 Å². The van der Waals surface area contributed by atoms with E-state index < -0.39 is 5.97 Å². The van der Waals surface area contributed by atoms with E-state index in [1.54, 1.807) is 0 Å². The van der Waals surface area contributed by atoms with Gasteiger partial charge in [0.25, 0.3) is 0 Å². The Morgan fingerprint density at radius 1 is 1.29 bits per heavy atom. The van der Waals surface area contributed by atoms with E-state index in [-0.39, 0.29) is 24.3 Å². The fourth-order valence-electron chi connectivity index (χ4n) is 3.00. The molecule has 1 fully saturated rings. The Hall–Kier alpha value is -2.21. The molecule has 1 aromatic carbocycles. The van der Waals surface area contributed by atoms with Gasteiger partial charge in [-0.25, -0.2) is 4.98 Å². The number of carboxylic acid groups (broad SMARTS) is 1. The highest BCUT2D eigenvalue weighted by molar-refractivity contribution is 7.13. The van der Waals surface area contributed by atoms with Gasteiger partial charge < -0.3 is 10.4 Å². The van der Waals surface area contributed by atoms with Gasteiger partial charge in [-0.3, -0.25) is 9.59 Å². The summed E-state index contributed by atoms with van der Waals surface area (Å²) in [6.45, 7) is 2.04. The molecule has 5 nitrogen and oxygen atoms in total. The third-order valence-electron chi connectivity index (χ3n) is 4.34. The van der Waals surface area contributed by atoms with Crippen molar-refractivity contribution in [2.24, 2.45) is 5.92 Å². The molecule has 0 radical (unpaired) electrons. The Morgan fingerprint density at radius 3 is 2.71 bits per heavy atom. The molecule has 0 saturated heterocycles. The van der Waals surface area contributed by atoms with Gasteiger partial charge in [-0.15, -0.1) is 11.3 Å². The summed E-state index contributed by atoms with van der Waals surface area (Å²) >= 11 is 1.53. The van der Waals surface area contributed by atoms with Crippen LogP contribution in [0.4, 0.5) is 0 Å². The highest BCUT2D eigenvalue weighted by Crippen LogP contribution is 2.26. The Balaban J connectivity index is 1.56. The van der Waals surface area contributed by atoms with E-state index in [2.05, 4.69) is 10.3 Å². The Labute approximate surface area is 144 Å². The minimum absolute atomic E-state index is 0.0335. The van der Waals surface area contributed by atoms with Gasteiger partial charge in [0.1, 0.15) is 5.01 Å². The second-order valence-corrected chi connectivity index (χ2v) is 7.16. The molecule has 0 unspecified atom stereocenters. The van der Waals surface area contributed by atoms with Crippen molar-refractivity contribution in [3.63, 3.8) is 0 Å². The number of aryl methyl sites for hydroxylation is 1. The van der Waals surface area contributed by atoms with E-state index in [0.29, 0.717) is 12.8 Å². The molecular formula is C18H20N2O3S. The predicted octanol–water partition coefficient (Wildman–Crippen LogP) is 3.03. The van der Waals surface area contributed by atoms with Crippen molar-refractivity contribution in [2.75, 3.05) is 0 Å². The highest BCUT2D eigenvalue weighted by atomic mass is 32.1. The Kier molecular flexibility index (Phi) is 4.94. The summed E-state index contributed by atoms with van der Waals surface area (Å²) in [4.78, 5) is 27.6. The van der Waals surface area contributed by atoms with Crippen molar-refractivity contribution >= 4 is 23.2 Å². The number of amides is 1. The van der Waals surface area contributed by atoms with E-state index in [9.17, 15) is 9.59 Å². The van der Waals surface area contributed by atoms with Crippen LogP contribution in [0.1, 0.15) is 30.5 Å². The average Bonchev–Trinajstić information content (AvgIpc) is 3.17. The summed E-state index contributed by atoms with van der Waals surface area (Å²) in [5.74, 6) is -1.19. The van der Waals surface area contributed by atoms with E-state index in [4.69, 9.17) is 5.11 Å². The van der Waals surface area contributed by atoms with Crippen LogP contribution in [-0.4, -0.2) is 28.0 Å². The monoisotopic (exact) mass is 344 g/mol. The van der Waals surface area contributed by atoms with Crippen LogP contribution in [0.5, 0.6) is 0 Å². The number of carbonyl (C=O) groups is 2. The number of thiazole rings is 1. The maximum absolute atomic E-state index is 12.1. The van der Waals surface area contributed by atoms with Gasteiger partial charge in [-0.1, -0.05) is 29.8 Å². The zero-order valence-corrected chi connectivity index (χ0v) is 14.3. The zero-order valence-electron chi connectivity index (χ0n) is 13.5. The number of hydrogen-bond acceptors (Lipinski definition) is 4. The predicted molar refractivity (Wildman–Crippen MR) is 92.9 cm³/mol. The zero-order chi connectivity index (χ0) is 17.1. The molecule has 6 heteroatoms. The van der Waals surface area contributed by atoms with Crippen LogP contribution >= 0.6 is 11.3 Å². The Bertz CT molecular complexity index is 739. The van der Waals surface area contributed by atoms with Gasteiger partial charge in [0.15, 0.2) is 0 Å². The molecule has 0 bridgehead atoms.